The Balaban J connectivity index is 0.00000112. The topological polar surface area (TPSA) is 23.5 Å². The average Bonchev–Trinajstić information content (AvgIpc) is 2.16. The molecule has 1 N–H and O–H groups in total. The van der Waals surface area contributed by atoms with Crippen molar-refractivity contribution >= 4 is 12.4 Å². The molecular weight excluding hydrogens is 210 g/mol. The highest BCUT2D eigenvalue weighted by atomic mass is 35.5. The molecule has 90 valence electrons. The quantitative estimate of drug-likeness (QED) is 0.789. The Kier molecular flexibility index (Phi) is 3.74. The van der Waals surface area contributed by atoms with Gasteiger partial charge in [-0.2, -0.15) is 0 Å². The molecule has 3 rings (SSSR count). The third-order valence-corrected chi connectivity index (χ3v) is 4.86. The molecule has 0 heterocycles. The minimum Gasteiger partial charge on any atom is -0.396 e. The summed E-state index contributed by atoms with van der Waals surface area (Å²) >= 11 is 0. The highest BCUT2D eigenvalue weighted by molar-refractivity contribution is 5.85. The second kappa shape index (κ2) is 4.23. The third kappa shape index (κ3) is 1.81. The minimum absolute atomic E-state index is 0. The number of aliphatic hydroxyl groups excluding tert-OH is 1. The summed E-state index contributed by atoms with van der Waals surface area (Å²) in [7, 11) is 4.31. The lowest BCUT2D eigenvalue weighted by atomic mass is 9.45. The minimum atomic E-state index is 0. The van der Waals surface area contributed by atoms with Crippen LogP contribution in [-0.2, 0) is 0 Å². The Hall–Kier alpha value is 0.210. The number of rotatable bonds is 2. The molecule has 0 spiro atoms. The van der Waals surface area contributed by atoms with Gasteiger partial charge in [0.1, 0.15) is 0 Å². The SMILES string of the molecule is CN(C)C1C(CO)CC2CC1C2(C)C.Cl. The first-order valence-electron chi connectivity index (χ1n) is 5.75. The fourth-order valence-corrected chi connectivity index (χ4v) is 3.83. The van der Waals surface area contributed by atoms with Gasteiger partial charge in [-0.05, 0) is 50.1 Å². The number of halogens is 1. The number of hydrogen-bond acceptors (Lipinski definition) is 2. The van der Waals surface area contributed by atoms with Gasteiger partial charge in [-0.25, -0.2) is 0 Å². The molecule has 3 aliphatic carbocycles. The van der Waals surface area contributed by atoms with Gasteiger partial charge in [0.05, 0.1) is 0 Å². The molecule has 15 heavy (non-hydrogen) atoms. The van der Waals surface area contributed by atoms with Crippen LogP contribution in [0.4, 0.5) is 0 Å². The van der Waals surface area contributed by atoms with E-state index in [1.165, 1.54) is 12.8 Å². The van der Waals surface area contributed by atoms with E-state index in [4.69, 9.17) is 0 Å². The van der Waals surface area contributed by atoms with E-state index in [0.29, 0.717) is 24.0 Å². The maximum absolute atomic E-state index is 9.39. The third-order valence-electron chi connectivity index (χ3n) is 4.86. The molecule has 0 aromatic carbocycles. The molecule has 0 amide bonds. The molecule has 0 saturated heterocycles. The standard InChI is InChI=1S/C12H23NO.ClH/c1-12(2)9-5-8(7-14)11(13(3)4)10(12)6-9;/h8-11,14H,5-7H2,1-4H3;1H. The second-order valence-corrected chi connectivity index (χ2v) is 5.99. The molecule has 3 heteroatoms. The number of aliphatic hydroxyl groups is 1. The maximum Gasteiger partial charge on any atom is 0.0474 e. The van der Waals surface area contributed by atoms with Gasteiger partial charge in [0.25, 0.3) is 0 Å². The van der Waals surface area contributed by atoms with Crippen LogP contribution >= 0.6 is 12.4 Å². The molecule has 0 aromatic heterocycles. The molecule has 3 fully saturated rings. The Labute approximate surface area is 99.4 Å². The van der Waals surface area contributed by atoms with Crippen LogP contribution in [-0.4, -0.2) is 36.8 Å². The normalized spacial score (nSPS) is 42.0. The van der Waals surface area contributed by atoms with E-state index in [2.05, 4.69) is 32.8 Å². The van der Waals surface area contributed by atoms with Gasteiger partial charge in [-0.15, -0.1) is 12.4 Å². The van der Waals surface area contributed by atoms with Gasteiger partial charge in [0.15, 0.2) is 0 Å². The lowest BCUT2D eigenvalue weighted by Crippen LogP contribution is -2.62. The van der Waals surface area contributed by atoms with E-state index in [1.54, 1.807) is 0 Å². The van der Waals surface area contributed by atoms with Crippen LogP contribution in [0.25, 0.3) is 0 Å². The number of fused-ring (bicyclic) bond motifs is 2. The second-order valence-electron chi connectivity index (χ2n) is 5.99. The molecule has 4 unspecified atom stereocenters. The molecule has 0 radical (unpaired) electrons. The first-order chi connectivity index (χ1) is 6.48. The monoisotopic (exact) mass is 233 g/mol. The lowest BCUT2D eigenvalue weighted by Gasteiger charge is -2.63. The van der Waals surface area contributed by atoms with Crippen LogP contribution in [0.1, 0.15) is 26.7 Å². The highest BCUT2D eigenvalue weighted by Gasteiger charge is 2.57. The van der Waals surface area contributed by atoms with Crippen molar-refractivity contribution in [1.82, 2.24) is 4.90 Å². The van der Waals surface area contributed by atoms with Gasteiger partial charge in [0.2, 0.25) is 0 Å². The van der Waals surface area contributed by atoms with Crippen molar-refractivity contribution in [1.29, 1.82) is 0 Å². The van der Waals surface area contributed by atoms with Crippen LogP contribution in [0.15, 0.2) is 0 Å². The Morgan fingerprint density at radius 3 is 2.27 bits per heavy atom. The maximum atomic E-state index is 9.39. The predicted molar refractivity (Wildman–Crippen MR) is 65.3 cm³/mol. The summed E-state index contributed by atoms with van der Waals surface area (Å²) in [5.41, 5.74) is 0.514. The van der Waals surface area contributed by atoms with E-state index < -0.39 is 0 Å². The van der Waals surface area contributed by atoms with Gasteiger partial charge in [-0.3, -0.25) is 0 Å². The van der Waals surface area contributed by atoms with Crippen LogP contribution < -0.4 is 0 Å². The van der Waals surface area contributed by atoms with Gasteiger partial charge in [-0.1, -0.05) is 13.8 Å². The summed E-state index contributed by atoms with van der Waals surface area (Å²) in [5.74, 6) is 2.18. The van der Waals surface area contributed by atoms with Gasteiger partial charge in [0, 0.05) is 12.6 Å². The fraction of sp³-hybridized carbons (Fsp3) is 1.00. The van der Waals surface area contributed by atoms with Crippen LogP contribution in [0.2, 0.25) is 0 Å². The van der Waals surface area contributed by atoms with Crippen LogP contribution in [0.3, 0.4) is 0 Å². The zero-order valence-corrected chi connectivity index (χ0v) is 11.0. The van der Waals surface area contributed by atoms with Crippen molar-refractivity contribution < 1.29 is 5.11 Å². The van der Waals surface area contributed by atoms with Crippen LogP contribution in [0, 0.1) is 23.2 Å². The van der Waals surface area contributed by atoms with E-state index in [0.717, 1.165) is 11.8 Å². The zero-order chi connectivity index (χ0) is 10.5. The summed E-state index contributed by atoms with van der Waals surface area (Å²) in [4.78, 5) is 2.32. The average molecular weight is 234 g/mol. The summed E-state index contributed by atoms with van der Waals surface area (Å²) in [6.45, 7) is 5.16. The molecule has 3 aliphatic rings. The smallest absolute Gasteiger partial charge is 0.0474 e. The number of hydrogen-bond donors (Lipinski definition) is 1. The van der Waals surface area contributed by atoms with E-state index >= 15 is 0 Å². The Bertz CT molecular complexity index is 230. The summed E-state index contributed by atoms with van der Waals surface area (Å²) < 4.78 is 0. The van der Waals surface area contributed by atoms with Crippen molar-refractivity contribution in [2.24, 2.45) is 23.2 Å². The molecular formula is C12H24ClNO. The van der Waals surface area contributed by atoms with Crippen LogP contribution in [0.5, 0.6) is 0 Å². The Morgan fingerprint density at radius 1 is 1.27 bits per heavy atom. The highest BCUT2D eigenvalue weighted by Crippen LogP contribution is 2.61. The van der Waals surface area contributed by atoms with Crippen molar-refractivity contribution in [3.05, 3.63) is 0 Å². The number of nitrogens with zero attached hydrogens (tertiary/aromatic N) is 1. The molecule has 4 atom stereocenters. The van der Waals surface area contributed by atoms with Gasteiger partial charge < -0.3 is 10.0 Å². The van der Waals surface area contributed by atoms with E-state index in [-0.39, 0.29) is 12.4 Å². The van der Waals surface area contributed by atoms with Crippen molar-refractivity contribution in [3.63, 3.8) is 0 Å². The first-order valence-corrected chi connectivity index (χ1v) is 5.75. The molecule has 0 aliphatic heterocycles. The Morgan fingerprint density at radius 2 is 1.87 bits per heavy atom. The van der Waals surface area contributed by atoms with Crippen molar-refractivity contribution in [3.8, 4) is 0 Å². The summed E-state index contributed by atoms with van der Waals surface area (Å²) in [6.07, 6.45) is 2.61. The molecule has 0 aromatic rings. The first kappa shape index (κ1) is 13.3. The van der Waals surface area contributed by atoms with E-state index in [1.807, 2.05) is 0 Å². The zero-order valence-electron chi connectivity index (χ0n) is 10.2. The lowest BCUT2D eigenvalue weighted by molar-refractivity contribution is -0.147. The fourth-order valence-electron chi connectivity index (χ4n) is 3.83. The van der Waals surface area contributed by atoms with E-state index in [9.17, 15) is 5.11 Å². The van der Waals surface area contributed by atoms with Crippen molar-refractivity contribution in [2.75, 3.05) is 20.7 Å². The molecule has 2 nitrogen and oxygen atoms in total. The molecule has 3 saturated carbocycles. The van der Waals surface area contributed by atoms with Crippen molar-refractivity contribution in [2.45, 2.75) is 32.7 Å². The van der Waals surface area contributed by atoms with Gasteiger partial charge >= 0.3 is 0 Å². The largest absolute Gasteiger partial charge is 0.396 e. The summed E-state index contributed by atoms with van der Waals surface area (Å²) in [5, 5.41) is 9.39. The molecule has 2 bridgehead atoms. The predicted octanol–water partition coefficient (Wildman–Crippen LogP) is 2.01. The summed E-state index contributed by atoms with van der Waals surface area (Å²) in [6, 6.07) is 0.597.